The minimum absolute atomic E-state index is 0.0856. The van der Waals surface area contributed by atoms with Crippen molar-refractivity contribution in [3.8, 4) is 0 Å². The van der Waals surface area contributed by atoms with Gasteiger partial charge in [-0.15, -0.1) is 0 Å². The van der Waals surface area contributed by atoms with E-state index in [4.69, 9.17) is 4.74 Å². The second kappa shape index (κ2) is 7.24. The third kappa shape index (κ3) is 3.31. The smallest absolute Gasteiger partial charge is 0.251 e. The maximum absolute atomic E-state index is 12.9. The first-order chi connectivity index (χ1) is 12.2. The van der Waals surface area contributed by atoms with Crippen molar-refractivity contribution in [3.05, 3.63) is 33.7 Å². The first-order valence-corrected chi connectivity index (χ1v) is 10.2. The monoisotopic (exact) mass is 344 g/mol. The Morgan fingerprint density at radius 2 is 1.96 bits per heavy atom. The predicted octanol–water partition coefficient (Wildman–Crippen LogP) is 3.56. The molecule has 3 heterocycles. The Bertz CT molecular complexity index is 662. The number of piperidine rings is 1. The van der Waals surface area contributed by atoms with Gasteiger partial charge in [0, 0.05) is 44.4 Å². The number of methoxy groups -OCH3 is 1. The molecule has 3 atom stereocenters. The molecule has 2 aliphatic heterocycles. The van der Waals surface area contributed by atoms with E-state index in [1.54, 1.807) is 0 Å². The zero-order valence-electron chi connectivity index (χ0n) is 15.7. The molecule has 4 rings (SSSR count). The highest BCUT2D eigenvalue weighted by Gasteiger charge is 2.35. The maximum atomic E-state index is 12.9. The zero-order chi connectivity index (χ0) is 17.4. The van der Waals surface area contributed by atoms with Crippen LogP contribution in [0.25, 0.3) is 0 Å². The van der Waals surface area contributed by atoms with Gasteiger partial charge in [0.25, 0.3) is 5.56 Å². The number of ether oxygens (including phenoxy) is 1. The van der Waals surface area contributed by atoms with Crippen molar-refractivity contribution < 1.29 is 4.74 Å². The Morgan fingerprint density at radius 1 is 1.16 bits per heavy atom. The van der Waals surface area contributed by atoms with E-state index in [2.05, 4.69) is 22.5 Å². The third-order valence-corrected chi connectivity index (χ3v) is 6.76. The standard InChI is InChI=1S/C21H32N2O2/c1-3-22-12-15-9-18(14-22)19-10-17(11-20(24)23(19)13-15)21(25-2)16-7-5-4-6-8-16/h10-11,15-16,18,21H,3-9,12-14H2,1-2H3. The maximum Gasteiger partial charge on any atom is 0.251 e. The van der Waals surface area contributed by atoms with Crippen LogP contribution in [0.1, 0.15) is 68.7 Å². The van der Waals surface area contributed by atoms with Crippen LogP contribution in [0.3, 0.4) is 0 Å². The number of hydrogen-bond donors (Lipinski definition) is 0. The second-order valence-corrected chi connectivity index (χ2v) is 8.37. The van der Waals surface area contributed by atoms with E-state index >= 15 is 0 Å². The number of likely N-dealkylation sites (tertiary alicyclic amines) is 1. The Morgan fingerprint density at radius 3 is 2.68 bits per heavy atom. The molecule has 0 N–H and O–H groups in total. The van der Waals surface area contributed by atoms with E-state index in [0.717, 1.165) is 31.7 Å². The topological polar surface area (TPSA) is 34.5 Å². The van der Waals surface area contributed by atoms with Crippen LogP contribution in [-0.4, -0.2) is 36.2 Å². The van der Waals surface area contributed by atoms with Gasteiger partial charge in [-0.2, -0.15) is 0 Å². The van der Waals surface area contributed by atoms with Crippen LogP contribution >= 0.6 is 0 Å². The molecule has 1 saturated carbocycles. The minimum atomic E-state index is 0.0856. The van der Waals surface area contributed by atoms with Crippen LogP contribution in [0.5, 0.6) is 0 Å². The molecule has 0 amide bonds. The number of rotatable bonds is 4. The number of hydrogen-bond acceptors (Lipinski definition) is 3. The van der Waals surface area contributed by atoms with Gasteiger partial charge >= 0.3 is 0 Å². The van der Waals surface area contributed by atoms with Gasteiger partial charge < -0.3 is 14.2 Å². The van der Waals surface area contributed by atoms with Crippen molar-refractivity contribution in [2.24, 2.45) is 11.8 Å². The summed E-state index contributed by atoms with van der Waals surface area (Å²) in [5, 5.41) is 0. The molecule has 0 aromatic carbocycles. The van der Waals surface area contributed by atoms with Crippen molar-refractivity contribution in [2.75, 3.05) is 26.7 Å². The lowest BCUT2D eigenvalue weighted by molar-refractivity contribution is 0.0348. The molecule has 4 nitrogen and oxygen atoms in total. The number of fused-ring (bicyclic) bond motifs is 4. The molecule has 2 bridgehead atoms. The lowest BCUT2D eigenvalue weighted by Crippen LogP contribution is -2.47. The summed E-state index contributed by atoms with van der Waals surface area (Å²) in [6, 6.07) is 4.18. The first-order valence-electron chi connectivity index (χ1n) is 10.2. The number of aromatic nitrogens is 1. The highest BCUT2D eigenvalue weighted by atomic mass is 16.5. The highest BCUT2D eigenvalue weighted by Crippen LogP contribution is 2.39. The molecule has 2 fully saturated rings. The zero-order valence-corrected chi connectivity index (χ0v) is 15.7. The first kappa shape index (κ1) is 17.3. The molecule has 0 radical (unpaired) electrons. The Balaban J connectivity index is 1.67. The van der Waals surface area contributed by atoms with E-state index in [-0.39, 0.29) is 11.7 Å². The fraction of sp³-hybridized carbons (Fsp3) is 0.762. The van der Waals surface area contributed by atoms with E-state index < -0.39 is 0 Å². The lowest BCUT2D eigenvalue weighted by atomic mass is 9.80. The van der Waals surface area contributed by atoms with Gasteiger partial charge in [-0.05, 0) is 49.3 Å². The molecule has 25 heavy (non-hydrogen) atoms. The van der Waals surface area contributed by atoms with Gasteiger partial charge in [0.2, 0.25) is 0 Å². The van der Waals surface area contributed by atoms with Crippen LogP contribution in [0.15, 0.2) is 16.9 Å². The Labute approximate surface area is 151 Å². The van der Waals surface area contributed by atoms with E-state index in [1.165, 1.54) is 44.2 Å². The molecular formula is C21H32N2O2. The molecule has 1 aromatic heterocycles. The van der Waals surface area contributed by atoms with E-state index in [1.807, 2.05) is 13.2 Å². The van der Waals surface area contributed by atoms with Gasteiger partial charge in [0.15, 0.2) is 0 Å². The summed E-state index contributed by atoms with van der Waals surface area (Å²) >= 11 is 0. The van der Waals surface area contributed by atoms with Crippen molar-refractivity contribution in [3.63, 3.8) is 0 Å². The second-order valence-electron chi connectivity index (χ2n) is 8.37. The van der Waals surface area contributed by atoms with Crippen LogP contribution in [0.2, 0.25) is 0 Å². The fourth-order valence-electron chi connectivity index (χ4n) is 5.54. The summed E-state index contributed by atoms with van der Waals surface area (Å²) in [6.07, 6.45) is 7.71. The summed E-state index contributed by atoms with van der Waals surface area (Å²) in [4.78, 5) is 15.4. The minimum Gasteiger partial charge on any atom is -0.376 e. The quantitative estimate of drug-likeness (QED) is 0.838. The predicted molar refractivity (Wildman–Crippen MR) is 100.0 cm³/mol. The van der Waals surface area contributed by atoms with Gasteiger partial charge in [-0.3, -0.25) is 4.79 Å². The fourth-order valence-corrected chi connectivity index (χ4v) is 5.54. The Kier molecular flexibility index (Phi) is 5.01. The van der Waals surface area contributed by atoms with Gasteiger partial charge in [0.05, 0.1) is 6.10 Å². The molecule has 4 heteroatoms. The van der Waals surface area contributed by atoms with Gasteiger partial charge in [-0.1, -0.05) is 26.2 Å². The lowest BCUT2D eigenvalue weighted by Gasteiger charge is -2.43. The summed E-state index contributed by atoms with van der Waals surface area (Å²) in [7, 11) is 1.81. The summed E-state index contributed by atoms with van der Waals surface area (Å²) in [5.74, 6) is 1.70. The van der Waals surface area contributed by atoms with E-state index in [0.29, 0.717) is 17.8 Å². The van der Waals surface area contributed by atoms with Crippen LogP contribution in [-0.2, 0) is 11.3 Å². The molecule has 0 spiro atoms. The van der Waals surface area contributed by atoms with Crippen molar-refractivity contribution in [1.82, 2.24) is 9.47 Å². The highest BCUT2D eigenvalue weighted by molar-refractivity contribution is 5.26. The van der Waals surface area contributed by atoms with Crippen molar-refractivity contribution in [2.45, 2.75) is 64.0 Å². The Hall–Kier alpha value is -1.13. The molecule has 138 valence electrons. The van der Waals surface area contributed by atoms with Crippen molar-refractivity contribution >= 4 is 0 Å². The summed E-state index contributed by atoms with van der Waals surface area (Å²) in [6.45, 7) is 6.48. The number of pyridine rings is 1. The normalized spacial score (nSPS) is 28.6. The molecule has 1 saturated heterocycles. The molecule has 1 aromatic rings. The molecule has 3 aliphatic rings. The van der Waals surface area contributed by atoms with Crippen LogP contribution in [0.4, 0.5) is 0 Å². The largest absolute Gasteiger partial charge is 0.376 e. The molecule has 3 unspecified atom stereocenters. The van der Waals surface area contributed by atoms with Crippen molar-refractivity contribution in [1.29, 1.82) is 0 Å². The summed E-state index contributed by atoms with van der Waals surface area (Å²) in [5.41, 5.74) is 2.57. The van der Waals surface area contributed by atoms with E-state index in [9.17, 15) is 4.79 Å². The van der Waals surface area contributed by atoms with Gasteiger partial charge in [-0.25, -0.2) is 0 Å². The third-order valence-electron chi connectivity index (χ3n) is 6.76. The molecule has 1 aliphatic carbocycles. The average molecular weight is 344 g/mol. The molecular weight excluding hydrogens is 312 g/mol. The van der Waals surface area contributed by atoms with Crippen LogP contribution in [0, 0.1) is 11.8 Å². The van der Waals surface area contributed by atoms with Gasteiger partial charge in [0.1, 0.15) is 0 Å². The van der Waals surface area contributed by atoms with Crippen LogP contribution < -0.4 is 5.56 Å². The number of likely N-dealkylation sites (N-methyl/N-ethyl adjacent to an activating group) is 1. The SMILES string of the molecule is CCN1CC2CC(C1)c1cc(C(OC)C3CCCCC3)cc(=O)n1C2. The summed E-state index contributed by atoms with van der Waals surface area (Å²) < 4.78 is 7.97. The number of nitrogens with zero attached hydrogens (tertiary/aromatic N) is 2. The average Bonchev–Trinajstić information content (AvgIpc) is 2.64.